The van der Waals surface area contributed by atoms with E-state index in [0.717, 1.165) is 0 Å². The Kier molecular flexibility index (Phi) is 3.85. The predicted molar refractivity (Wildman–Crippen MR) is 39.5 cm³/mol. The number of aldehydes is 1. The SMILES string of the molecule is CC(C)(O)OC(C=O)CC(=O)O. The monoisotopic (exact) mass is 176 g/mol. The lowest BCUT2D eigenvalue weighted by Gasteiger charge is -2.21. The molecule has 0 aromatic heterocycles. The van der Waals surface area contributed by atoms with Crippen LogP contribution >= 0.6 is 0 Å². The molecule has 0 fully saturated rings. The number of aliphatic hydroxyl groups is 1. The lowest BCUT2D eigenvalue weighted by Crippen LogP contribution is -2.32. The number of hydrogen-bond donors (Lipinski definition) is 2. The van der Waals surface area contributed by atoms with Gasteiger partial charge in [-0.1, -0.05) is 0 Å². The highest BCUT2D eigenvalue weighted by atomic mass is 16.6. The molecule has 0 aromatic carbocycles. The fourth-order valence-corrected chi connectivity index (χ4v) is 0.660. The van der Waals surface area contributed by atoms with Gasteiger partial charge in [0.15, 0.2) is 5.79 Å². The summed E-state index contributed by atoms with van der Waals surface area (Å²) >= 11 is 0. The third-order valence-corrected chi connectivity index (χ3v) is 0.967. The molecule has 70 valence electrons. The van der Waals surface area contributed by atoms with Gasteiger partial charge in [-0.15, -0.1) is 0 Å². The van der Waals surface area contributed by atoms with Gasteiger partial charge in [0.1, 0.15) is 12.4 Å². The number of carboxylic acid groups (broad SMARTS) is 1. The molecule has 12 heavy (non-hydrogen) atoms. The van der Waals surface area contributed by atoms with Crippen molar-refractivity contribution in [1.29, 1.82) is 0 Å². The number of rotatable bonds is 5. The summed E-state index contributed by atoms with van der Waals surface area (Å²) in [5, 5.41) is 17.3. The quantitative estimate of drug-likeness (QED) is 0.446. The van der Waals surface area contributed by atoms with E-state index in [1.807, 2.05) is 0 Å². The van der Waals surface area contributed by atoms with Crippen molar-refractivity contribution >= 4 is 12.3 Å². The maximum atomic E-state index is 10.2. The molecule has 0 aliphatic carbocycles. The van der Waals surface area contributed by atoms with Crippen LogP contribution in [0.1, 0.15) is 20.3 Å². The van der Waals surface area contributed by atoms with Crippen LogP contribution in [-0.4, -0.2) is 34.4 Å². The van der Waals surface area contributed by atoms with Gasteiger partial charge in [-0.05, 0) is 13.8 Å². The van der Waals surface area contributed by atoms with E-state index in [0.29, 0.717) is 6.29 Å². The standard InChI is InChI=1S/C7H12O5/c1-7(2,11)12-5(4-8)3-6(9)10/h4-5,11H,3H2,1-2H3,(H,9,10). The van der Waals surface area contributed by atoms with Crippen LogP contribution in [0.3, 0.4) is 0 Å². The topological polar surface area (TPSA) is 83.8 Å². The van der Waals surface area contributed by atoms with Crippen LogP contribution in [0.25, 0.3) is 0 Å². The molecule has 0 aromatic rings. The van der Waals surface area contributed by atoms with Crippen LogP contribution < -0.4 is 0 Å². The molecule has 0 rings (SSSR count). The zero-order valence-corrected chi connectivity index (χ0v) is 6.98. The van der Waals surface area contributed by atoms with E-state index in [1.165, 1.54) is 13.8 Å². The molecule has 1 unspecified atom stereocenters. The molecule has 0 spiro atoms. The van der Waals surface area contributed by atoms with Crippen molar-refractivity contribution in [2.75, 3.05) is 0 Å². The predicted octanol–water partition coefficient (Wildman–Crippen LogP) is -0.226. The minimum atomic E-state index is -1.49. The first-order valence-corrected chi connectivity index (χ1v) is 3.42. The minimum absolute atomic E-state index is 0.353. The van der Waals surface area contributed by atoms with Crippen LogP contribution in [0.5, 0.6) is 0 Å². The molecular weight excluding hydrogens is 164 g/mol. The molecule has 0 heterocycles. The van der Waals surface area contributed by atoms with E-state index >= 15 is 0 Å². The van der Waals surface area contributed by atoms with E-state index in [1.54, 1.807) is 0 Å². The number of carbonyl (C=O) groups excluding carboxylic acids is 1. The summed E-state index contributed by atoms with van der Waals surface area (Å²) in [6.07, 6.45) is -1.18. The highest BCUT2D eigenvalue weighted by molar-refractivity contribution is 5.73. The Balaban J connectivity index is 4.00. The summed E-state index contributed by atoms with van der Waals surface area (Å²) in [5.41, 5.74) is 0. The van der Waals surface area contributed by atoms with Crippen molar-refractivity contribution in [2.45, 2.75) is 32.2 Å². The zero-order valence-electron chi connectivity index (χ0n) is 6.98. The number of carbonyl (C=O) groups is 2. The van der Waals surface area contributed by atoms with Gasteiger partial charge in [-0.25, -0.2) is 0 Å². The fourth-order valence-electron chi connectivity index (χ4n) is 0.660. The number of ether oxygens (including phenoxy) is 1. The molecule has 1 atom stereocenters. The average Bonchev–Trinajstić information content (AvgIpc) is 1.82. The third-order valence-electron chi connectivity index (χ3n) is 0.967. The highest BCUT2D eigenvalue weighted by Crippen LogP contribution is 2.08. The normalized spacial score (nSPS) is 13.9. The summed E-state index contributed by atoms with van der Waals surface area (Å²) in [6.45, 7) is 2.65. The van der Waals surface area contributed by atoms with Crippen molar-refractivity contribution in [1.82, 2.24) is 0 Å². The van der Waals surface area contributed by atoms with Crippen molar-refractivity contribution in [3.8, 4) is 0 Å². The molecule has 0 radical (unpaired) electrons. The molecule has 0 aliphatic heterocycles. The first-order chi connectivity index (χ1) is 5.35. The smallest absolute Gasteiger partial charge is 0.306 e. The van der Waals surface area contributed by atoms with Gasteiger partial charge in [0.2, 0.25) is 0 Å². The van der Waals surface area contributed by atoms with Crippen molar-refractivity contribution in [3.63, 3.8) is 0 Å². The lowest BCUT2D eigenvalue weighted by molar-refractivity contribution is -0.204. The second-order valence-corrected chi connectivity index (χ2v) is 2.84. The largest absolute Gasteiger partial charge is 0.481 e. The van der Waals surface area contributed by atoms with E-state index in [9.17, 15) is 9.59 Å². The van der Waals surface area contributed by atoms with Gasteiger partial charge in [0.05, 0.1) is 6.42 Å². The van der Waals surface area contributed by atoms with Gasteiger partial charge >= 0.3 is 5.97 Å². The Labute approximate surface area is 70.0 Å². The first kappa shape index (κ1) is 11.1. The minimum Gasteiger partial charge on any atom is -0.481 e. The second kappa shape index (κ2) is 4.18. The molecule has 0 bridgehead atoms. The van der Waals surface area contributed by atoms with Crippen LogP contribution in [0.4, 0.5) is 0 Å². The Hall–Kier alpha value is -0.940. The Morgan fingerprint density at radius 2 is 2.17 bits per heavy atom. The Bertz CT molecular complexity index is 169. The summed E-state index contributed by atoms with van der Waals surface area (Å²) in [5.74, 6) is -2.63. The maximum Gasteiger partial charge on any atom is 0.306 e. The molecule has 5 heteroatoms. The van der Waals surface area contributed by atoms with Gasteiger partial charge in [0, 0.05) is 0 Å². The Morgan fingerprint density at radius 1 is 1.67 bits per heavy atom. The van der Waals surface area contributed by atoms with Crippen LogP contribution in [0.15, 0.2) is 0 Å². The second-order valence-electron chi connectivity index (χ2n) is 2.84. The number of aliphatic carboxylic acids is 1. The van der Waals surface area contributed by atoms with Gasteiger partial charge in [-0.2, -0.15) is 0 Å². The van der Waals surface area contributed by atoms with Gasteiger partial charge in [0.25, 0.3) is 0 Å². The molecule has 0 saturated carbocycles. The van der Waals surface area contributed by atoms with Crippen LogP contribution in [0, 0.1) is 0 Å². The van der Waals surface area contributed by atoms with Gasteiger partial charge in [-0.3, -0.25) is 4.79 Å². The number of hydrogen-bond acceptors (Lipinski definition) is 4. The van der Waals surface area contributed by atoms with E-state index < -0.39 is 24.3 Å². The van der Waals surface area contributed by atoms with Crippen molar-refractivity contribution in [3.05, 3.63) is 0 Å². The summed E-state index contributed by atoms with van der Waals surface area (Å²) in [7, 11) is 0. The maximum absolute atomic E-state index is 10.2. The van der Waals surface area contributed by atoms with Crippen molar-refractivity contribution in [2.24, 2.45) is 0 Å². The van der Waals surface area contributed by atoms with Crippen LogP contribution in [-0.2, 0) is 14.3 Å². The lowest BCUT2D eigenvalue weighted by atomic mass is 10.2. The van der Waals surface area contributed by atoms with E-state index in [4.69, 9.17) is 14.9 Å². The first-order valence-electron chi connectivity index (χ1n) is 3.42. The highest BCUT2D eigenvalue weighted by Gasteiger charge is 2.21. The molecule has 0 aliphatic rings. The summed E-state index contributed by atoms with van der Waals surface area (Å²) in [4.78, 5) is 20.4. The zero-order chi connectivity index (χ0) is 9.78. The molecule has 2 N–H and O–H groups in total. The van der Waals surface area contributed by atoms with E-state index in [2.05, 4.69) is 0 Å². The Morgan fingerprint density at radius 3 is 2.42 bits per heavy atom. The number of carboxylic acids is 1. The molecular formula is C7H12O5. The fraction of sp³-hybridized carbons (Fsp3) is 0.714. The van der Waals surface area contributed by atoms with Crippen LogP contribution in [0.2, 0.25) is 0 Å². The molecule has 0 amide bonds. The summed E-state index contributed by atoms with van der Waals surface area (Å²) < 4.78 is 4.70. The van der Waals surface area contributed by atoms with E-state index in [-0.39, 0.29) is 0 Å². The summed E-state index contributed by atoms with van der Waals surface area (Å²) in [6, 6.07) is 0. The molecule has 5 nitrogen and oxygen atoms in total. The van der Waals surface area contributed by atoms with Gasteiger partial charge < -0.3 is 19.7 Å². The average molecular weight is 176 g/mol. The third kappa shape index (κ3) is 5.82. The molecule has 0 saturated heterocycles. The van der Waals surface area contributed by atoms with Crippen molar-refractivity contribution < 1.29 is 24.5 Å².